The maximum Gasteiger partial charge on any atom is 0.139 e. The van der Waals surface area contributed by atoms with Crippen LogP contribution in [0.25, 0.3) is 44.5 Å². The Balaban J connectivity index is 0.00000231. The summed E-state index contributed by atoms with van der Waals surface area (Å²) in [5, 5.41) is 2.87. The summed E-state index contributed by atoms with van der Waals surface area (Å²) < 4.78 is 0. The zero-order chi connectivity index (χ0) is 20.9. The van der Waals surface area contributed by atoms with Gasteiger partial charge in [-0.3, -0.25) is 4.98 Å². The highest BCUT2D eigenvalue weighted by atomic mass is 35.5. The Morgan fingerprint density at radius 1 is 0.839 bits per heavy atom. The lowest BCUT2D eigenvalue weighted by Crippen LogP contribution is -2.10. The van der Waals surface area contributed by atoms with E-state index in [1.165, 1.54) is 5.56 Å². The molecule has 0 amide bonds. The van der Waals surface area contributed by atoms with Crippen molar-refractivity contribution in [3.05, 3.63) is 83.5 Å². The van der Waals surface area contributed by atoms with Crippen molar-refractivity contribution in [1.29, 1.82) is 0 Å². The molecule has 3 aromatic carbocycles. The summed E-state index contributed by atoms with van der Waals surface area (Å²) in [6.07, 6.45) is 1.77. The summed E-state index contributed by atoms with van der Waals surface area (Å²) in [5.41, 5.74) is 6.28. The number of fused-ring (bicyclic) bond motifs is 2. The van der Waals surface area contributed by atoms with Gasteiger partial charge in [0.2, 0.25) is 0 Å². The molecule has 0 bridgehead atoms. The minimum absolute atomic E-state index is 0. The van der Waals surface area contributed by atoms with E-state index in [1.54, 1.807) is 6.20 Å². The van der Waals surface area contributed by atoms with Crippen molar-refractivity contribution in [2.75, 3.05) is 0 Å². The van der Waals surface area contributed by atoms with Crippen LogP contribution in [0, 0.1) is 0 Å². The average molecular weight is 448 g/mol. The predicted molar refractivity (Wildman–Crippen MR) is 133 cm³/mol. The molecule has 5 rings (SSSR count). The van der Waals surface area contributed by atoms with E-state index >= 15 is 0 Å². The van der Waals surface area contributed by atoms with E-state index in [9.17, 15) is 0 Å². The highest BCUT2D eigenvalue weighted by Crippen LogP contribution is 2.37. The summed E-state index contributed by atoms with van der Waals surface area (Å²) in [5.74, 6) is 0.867. The summed E-state index contributed by atoms with van der Waals surface area (Å²) in [6.45, 7) is 6.67. The van der Waals surface area contributed by atoms with Crippen LogP contribution in [0.3, 0.4) is 0 Å². The van der Waals surface area contributed by atoms with Crippen molar-refractivity contribution >= 4 is 45.8 Å². The summed E-state index contributed by atoms with van der Waals surface area (Å²) in [7, 11) is 0. The van der Waals surface area contributed by atoms with Crippen LogP contribution >= 0.6 is 24.0 Å². The highest BCUT2D eigenvalue weighted by Gasteiger charge is 2.17. The highest BCUT2D eigenvalue weighted by molar-refractivity contribution is 6.33. The minimum Gasteiger partial charge on any atom is -0.338 e. The molecule has 0 radical (unpaired) electrons. The number of aromatic amines is 1. The number of benzene rings is 3. The topological polar surface area (TPSA) is 41.6 Å². The number of imidazole rings is 1. The zero-order valence-electron chi connectivity index (χ0n) is 17.6. The predicted octanol–water partition coefficient (Wildman–Crippen LogP) is 7.82. The first-order valence-electron chi connectivity index (χ1n) is 10.0. The maximum absolute atomic E-state index is 6.44. The fourth-order valence-electron chi connectivity index (χ4n) is 3.90. The van der Waals surface area contributed by atoms with Gasteiger partial charge in [0.1, 0.15) is 5.82 Å². The van der Waals surface area contributed by atoms with Gasteiger partial charge in [-0.1, -0.05) is 68.8 Å². The average Bonchev–Trinajstić information content (AvgIpc) is 3.16. The van der Waals surface area contributed by atoms with Crippen molar-refractivity contribution in [2.24, 2.45) is 0 Å². The number of hydrogen-bond acceptors (Lipinski definition) is 2. The molecule has 0 saturated heterocycles. The van der Waals surface area contributed by atoms with E-state index in [0.717, 1.165) is 44.5 Å². The molecule has 31 heavy (non-hydrogen) atoms. The largest absolute Gasteiger partial charge is 0.338 e. The molecular formula is C26H23Cl2N3. The lowest BCUT2D eigenvalue weighted by Gasteiger charge is -2.18. The molecule has 2 aromatic heterocycles. The first kappa shape index (κ1) is 21.4. The van der Waals surface area contributed by atoms with Crippen LogP contribution in [0.1, 0.15) is 26.3 Å². The maximum atomic E-state index is 6.44. The van der Waals surface area contributed by atoms with Crippen LogP contribution in [0.5, 0.6) is 0 Å². The molecule has 5 aromatic rings. The van der Waals surface area contributed by atoms with Gasteiger partial charge in [0.15, 0.2) is 0 Å². The van der Waals surface area contributed by atoms with Gasteiger partial charge in [0.25, 0.3) is 0 Å². The molecule has 156 valence electrons. The van der Waals surface area contributed by atoms with Gasteiger partial charge in [-0.2, -0.15) is 0 Å². The first-order chi connectivity index (χ1) is 14.4. The molecule has 0 spiro atoms. The third-order valence-corrected chi connectivity index (χ3v) is 5.85. The lowest BCUT2D eigenvalue weighted by atomic mass is 9.87. The second-order valence-electron chi connectivity index (χ2n) is 8.61. The van der Waals surface area contributed by atoms with Gasteiger partial charge in [-0.25, -0.2) is 4.98 Å². The molecule has 2 heterocycles. The molecule has 0 unspecified atom stereocenters. The monoisotopic (exact) mass is 447 g/mol. The van der Waals surface area contributed by atoms with Crippen molar-refractivity contribution in [1.82, 2.24) is 15.0 Å². The minimum atomic E-state index is 0. The van der Waals surface area contributed by atoms with Crippen molar-refractivity contribution in [3.8, 4) is 22.6 Å². The van der Waals surface area contributed by atoms with Gasteiger partial charge >= 0.3 is 0 Å². The molecule has 5 heteroatoms. The molecule has 0 fully saturated rings. The third kappa shape index (κ3) is 3.80. The number of halogens is 2. The number of aromatic nitrogens is 3. The van der Waals surface area contributed by atoms with Crippen LogP contribution in [0.15, 0.2) is 72.9 Å². The van der Waals surface area contributed by atoms with Gasteiger partial charge in [0.05, 0.1) is 21.7 Å². The Labute approximate surface area is 192 Å². The second kappa shape index (κ2) is 7.99. The Hall–Kier alpha value is -2.88. The van der Waals surface area contributed by atoms with E-state index in [0.29, 0.717) is 5.02 Å². The second-order valence-corrected chi connectivity index (χ2v) is 9.01. The van der Waals surface area contributed by atoms with Crippen LogP contribution in [-0.2, 0) is 5.41 Å². The number of rotatable bonds is 2. The summed E-state index contributed by atoms with van der Waals surface area (Å²) in [6, 6.07) is 22.7. The quantitative estimate of drug-likeness (QED) is 0.299. The molecule has 0 atom stereocenters. The fourth-order valence-corrected chi connectivity index (χ4v) is 4.12. The van der Waals surface area contributed by atoms with Gasteiger partial charge in [-0.05, 0) is 52.1 Å². The Morgan fingerprint density at radius 3 is 2.26 bits per heavy atom. The van der Waals surface area contributed by atoms with Crippen molar-refractivity contribution in [3.63, 3.8) is 0 Å². The van der Waals surface area contributed by atoms with Crippen LogP contribution in [-0.4, -0.2) is 15.0 Å². The Kier molecular flexibility index (Phi) is 5.50. The van der Waals surface area contributed by atoms with Gasteiger partial charge in [-0.15, -0.1) is 12.4 Å². The molecular weight excluding hydrogens is 425 g/mol. The summed E-state index contributed by atoms with van der Waals surface area (Å²) >= 11 is 6.44. The van der Waals surface area contributed by atoms with E-state index in [-0.39, 0.29) is 17.8 Å². The molecule has 0 aliphatic heterocycles. The van der Waals surface area contributed by atoms with Crippen molar-refractivity contribution < 1.29 is 0 Å². The zero-order valence-corrected chi connectivity index (χ0v) is 19.2. The number of hydrogen-bond donors (Lipinski definition) is 1. The number of nitrogens with zero attached hydrogens (tertiary/aromatic N) is 2. The standard InChI is InChI=1S/C26H22ClN3.ClH/c1-26(2,3)16-10-13-22-23(15-16)30-25(29-22)20-12-11-19(17-7-4-5-8-18(17)20)24-21(27)9-6-14-28-24;/h4-15H,1-3H3,(H,29,30);1H. The third-order valence-electron chi connectivity index (χ3n) is 5.54. The van der Waals surface area contributed by atoms with Gasteiger partial charge < -0.3 is 4.98 Å². The lowest BCUT2D eigenvalue weighted by molar-refractivity contribution is 0.591. The first-order valence-corrected chi connectivity index (χ1v) is 10.4. The number of H-pyrrole nitrogens is 1. The normalized spacial score (nSPS) is 11.6. The summed E-state index contributed by atoms with van der Waals surface area (Å²) in [4.78, 5) is 12.9. The molecule has 0 saturated carbocycles. The number of nitrogens with one attached hydrogen (secondary N) is 1. The number of pyridine rings is 1. The molecule has 0 aliphatic rings. The van der Waals surface area contributed by atoms with E-state index < -0.39 is 0 Å². The molecule has 1 N–H and O–H groups in total. The Morgan fingerprint density at radius 2 is 1.55 bits per heavy atom. The van der Waals surface area contributed by atoms with Crippen LogP contribution < -0.4 is 0 Å². The smallest absolute Gasteiger partial charge is 0.139 e. The van der Waals surface area contributed by atoms with Crippen molar-refractivity contribution in [2.45, 2.75) is 26.2 Å². The van der Waals surface area contributed by atoms with Gasteiger partial charge in [0, 0.05) is 17.3 Å². The molecule has 3 nitrogen and oxygen atoms in total. The van der Waals surface area contributed by atoms with Crippen LogP contribution in [0.4, 0.5) is 0 Å². The Bertz CT molecular complexity index is 1400. The SMILES string of the molecule is CC(C)(C)c1ccc2nc(-c3ccc(-c4ncccc4Cl)c4ccccc34)[nH]c2c1.Cl. The fraction of sp³-hybridized carbons (Fsp3) is 0.154. The molecule has 0 aliphatic carbocycles. The van der Waals surface area contributed by atoms with E-state index in [1.807, 2.05) is 18.2 Å². The van der Waals surface area contributed by atoms with E-state index in [4.69, 9.17) is 16.6 Å². The van der Waals surface area contributed by atoms with E-state index in [2.05, 4.69) is 79.3 Å². The van der Waals surface area contributed by atoms with Crippen LogP contribution in [0.2, 0.25) is 5.02 Å².